The second-order valence-electron chi connectivity index (χ2n) is 9.01. The summed E-state index contributed by atoms with van der Waals surface area (Å²) in [6, 6.07) is 8.22. The van der Waals surface area contributed by atoms with Crippen LogP contribution in [0.5, 0.6) is 0 Å². The van der Waals surface area contributed by atoms with Gasteiger partial charge in [-0.05, 0) is 65.4 Å². The molecule has 30 heavy (non-hydrogen) atoms. The molecule has 1 aromatic carbocycles. The predicted octanol–water partition coefficient (Wildman–Crippen LogP) is 3.99. The smallest absolute Gasteiger partial charge is 0.205 e. The maximum atomic E-state index is 13.2. The summed E-state index contributed by atoms with van der Waals surface area (Å²) in [5.74, 6) is 0.552. The highest BCUT2D eigenvalue weighted by Crippen LogP contribution is 2.41. The van der Waals surface area contributed by atoms with E-state index in [1.54, 1.807) is 0 Å². The summed E-state index contributed by atoms with van der Waals surface area (Å²) >= 11 is 3.53. The molecule has 1 N–H and O–H groups in total. The van der Waals surface area contributed by atoms with Gasteiger partial charge in [-0.2, -0.15) is 5.10 Å². The van der Waals surface area contributed by atoms with E-state index in [-0.39, 0.29) is 11.0 Å². The lowest BCUT2D eigenvalue weighted by molar-refractivity contribution is 0.354. The third-order valence-corrected chi connectivity index (χ3v) is 7.60. The van der Waals surface area contributed by atoms with Gasteiger partial charge in [-0.25, -0.2) is 4.98 Å². The van der Waals surface area contributed by atoms with E-state index in [9.17, 15) is 4.79 Å². The van der Waals surface area contributed by atoms with Gasteiger partial charge < -0.3 is 9.72 Å². The van der Waals surface area contributed by atoms with Crippen molar-refractivity contribution in [2.45, 2.75) is 50.2 Å². The van der Waals surface area contributed by atoms with Crippen LogP contribution in [0.4, 0.5) is 0 Å². The van der Waals surface area contributed by atoms with Crippen molar-refractivity contribution in [2.75, 3.05) is 0 Å². The summed E-state index contributed by atoms with van der Waals surface area (Å²) in [5, 5.41) is 9.63. The standard InChI is InChI=1S/C23H20BrN5O/c24-20-21(30)16(11-28-8-5-17(13-1-2-13)26-22(20)28)14-3-4-18-15(9-14)19-10-25-23(6-7-23)12-29(19)27-18/h3-5,8-9,11,13,25H,1-2,6-7,10,12H2. The summed E-state index contributed by atoms with van der Waals surface area (Å²) in [7, 11) is 0. The molecule has 2 fully saturated rings. The number of nitrogens with zero attached hydrogens (tertiary/aromatic N) is 4. The summed E-state index contributed by atoms with van der Waals surface area (Å²) in [6.45, 7) is 1.76. The molecule has 1 aliphatic heterocycles. The zero-order valence-electron chi connectivity index (χ0n) is 16.4. The Labute approximate surface area is 181 Å². The fourth-order valence-corrected chi connectivity index (χ4v) is 5.22. The number of nitrogens with one attached hydrogen (secondary N) is 1. The number of pyridine rings is 1. The van der Waals surface area contributed by atoms with Crippen molar-refractivity contribution in [1.82, 2.24) is 24.5 Å². The van der Waals surface area contributed by atoms with E-state index < -0.39 is 0 Å². The van der Waals surface area contributed by atoms with E-state index in [1.807, 2.05) is 28.9 Å². The van der Waals surface area contributed by atoms with E-state index in [0.29, 0.717) is 21.6 Å². The van der Waals surface area contributed by atoms with Crippen LogP contribution in [0.1, 0.15) is 43.0 Å². The van der Waals surface area contributed by atoms with Crippen molar-refractivity contribution in [3.63, 3.8) is 0 Å². The van der Waals surface area contributed by atoms with Gasteiger partial charge in [0.1, 0.15) is 4.47 Å². The summed E-state index contributed by atoms with van der Waals surface area (Å²) < 4.78 is 4.63. The topological polar surface area (TPSA) is 64.2 Å². The van der Waals surface area contributed by atoms with Gasteiger partial charge >= 0.3 is 0 Å². The summed E-state index contributed by atoms with van der Waals surface area (Å²) in [6.07, 6.45) is 8.76. The molecular formula is C23H20BrN5O. The van der Waals surface area contributed by atoms with Gasteiger partial charge in [-0.3, -0.25) is 9.48 Å². The van der Waals surface area contributed by atoms with Crippen LogP contribution in [0.15, 0.2) is 45.9 Å². The molecular weight excluding hydrogens is 442 g/mol. The van der Waals surface area contributed by atoms with Crippen LogP contribution >= 0.6 is 15.9 Å². The van der Waals surface area contributed by atoms with Crippen LogP contribution in [0.2, 0.25) is 0 Å². The Hall–Kier alpha value is -2.51. The molecule has 0 amide bonds. The minimum Gasteiger partial charge on any atom is -0.307 e. The molecule has 0 bridgehead atoms. The minimum atomic E-state index is -0.0223. The van der Waals surface area contributed by atoms with Crippen LogP contribution in [-0.4, -0.2) is 24.7 Å². The first-order chi connectivity index (χ1) is 14.6. The normalized spacial score (nSPS) is 19.5. The van der Waals surface area contributed by atoms with Crippen molar-refractivity contribution < 1.29 is 0 Å². The number of hydrogen-bond donors (Lipinski definition) is 1. The highest BCUT2D eigenvalue weighted by molar-refractivity contribution is 9.10. The van der Waals surface area contributed by atoms with Crippen LogP contribution in [-0.2, 0) is 13.1 Å². The van der Waals surface area contributed by atoms with E-state index in [0.717, 1.165) is 35.2 Å². The monoisotopic (exact) mass is 461 g/mol. The molecule has 0 saturated heterocycles. The fourth-order valence-electron chi connectivity index (χ4n) is 4.71. The molecule has 7 heteroatoms. The first kappa shape index (κ1) is 17.2. The summed E-state index contributed by atoms with van der Waals surface area (Å²) in [5.41, 5.74) is 5.80. The van der Waals surface area contributed by atoms with E-state index >= 15 is 0 Å². The third kappa shape index (κ3) is 2.48. The van der Waals surface area contributed by atoms with Crippen molar-refractivity contribution in [3.05, 3.63) is 62.7 Å². The highest BCUT2D eigenvalue weighted by atomic mass is 79.9. The maximum absolute atomic E-state index is 13.2. The van der Waals surface area contributed by atoms with Crippen molar-refractivity contribution in [3.8, 4) is 11.1 Å². The van der Waals surface area contributed by atoms with Gasteiger partial charge in [0, 0.05) is 47.0 Å². The molecule has 6 nitrogen and oxygen atoms in total. The number of benzene rings is 1. The van der Waals surface area contributed by atoms with Crippen LogP contribution in [0.25, 0.3) is 27.7 Å². The van der Waals surface area contributed by atoms with Crippen LogP contribution in [0.3, 0.4) is 0 Å². The van der Waals surface area contributed by atoms with E-state index in [4.69, 9.17) is 10.1 Å². The number of halogens is 1. The van der Waals surface area contributed by atoms with Crippen molar-refractivity contribution in [1.29, 1.82) is 0 Å². The lowest BCUT2D eigenvalue weighted by Gasteiger charge is -2.24. The van der Waals surface area contributed by atoms with E-state index in [2.05, 4.69) is 38.1 Å². The lowest BCUT2D eigenvalue weighted by atomic mass is 10.0. The summed E-state index contributed by atoms with van der Waals surface area (Å²) in [4.78, 5) is 17.9. The first-order valence-corrected chi connectivity index (χ1v) is 11.4. The molecule has 4 heterocycles. The molecule has 1 spiro atoms. The number of fused-ring (bicyclic) bond motifs is 4. The van der Waals surface area contributed by atoms with Gasteiger partial charge in [0.2, 0.25) is 5.43 Å². The van der Waals surface area contributed by atoms with Gasteiger partial charge in [-0.15, -0.1) is 0 Å². The molecule has 0 atom stereocenters. The Morgan fingerprint density at radius 1 is 1.20 bits per heavy atom. The van der Waals surface area contributed by atoms with Crippen molar-refractivity contribution in [2.24, 2.45) is 0 Å². The number of rotatable bonds is 2. The Kier molecular flexibility index (Phi) is 3.32. The largest absolute Gasteiger partial charge is 0.307 e. The second kappa shape index (κ2) is 5.80. The maximum Gasteiger partial charge on any atom is 0.205 e. The Morgan fingerprint density at radius 2 is 2.07 bits per heavy atom. The molecule has 7 rings (SSSR count). The Bertz CT molecular complexity index is 1430. The quantitative estimate of drug-likeness (QED) is 0.490. The first-order valence-electron chi connectivity index (χ1n) is 10.6. The lowest BCUT2D eigenvalue weighted by Crippen LogP contribution is -2.41. The molecule has 0 unspecified atom stereocenters. The average molecular weight is 462 g/mol. The SMILES string of the molecule is O=c1c(-c2ccc3nn4c(c3c2)CNC2(CC2)C4)cn2ccc(C3CC3)nc2c1Br. The second-order valence-corrected chi connectivity index (χ2v) is 9.81. The Balaban J connectivity index is 1.38. The number of aromatic nitrogens is 4. The minimum absolute atomic E-state index is 0.0223. The van der Waals surface area contributed by atoms with Crippen molar-refractivity contribution >= 4 is 32.5 Å². The third-order valence-electron chi connectivity index (χ3n) is 6.88. The molecule has 4 aromatic rings. The molecule has 150 valence electrons. The predicted molar refractivity (Wildman–Crippen MR) is 119 cm³/mol. The Morgan fingerprint density at radius 3 is 2.87 bits per heavy atom. The zero-order valence-corrected chi connectivity index (χ0v) is 17.9. The van der Waals surface area contributed by atoms with Gasteiger partial charge in [0.25, 0.3) is 0 Å². The number of hydrogen-bond acceptors (Lipinski definition) is 4. The zero-order chi connectivity index (χ0) is 20.0. The van der Waals surface area contributed by atoms with E-state index in [1.165, 1.54) is 31.4 Å². The van der Waals surface area contributed by atoms with Gasteiger partial charge in [0.05, 0.1) is 17.8 Å². The van der Waals surface area contributed by atoms with Crippen LogP contribution in [0, 0.1) is 0 Å². The van der Waals surface area contributed by atoms with Crippen LogP contribution < -0.4 is 10.7 Å². The molecule has 0 radical (unpaired) electrons. The molecule has 2 saturated carbocycles. The average Bonchev–Trinajstić information content (AvgIpc) is 3.69. The van der Waals surface area contributed by atoms with Gasteiger partial charge in [0.15, 0.2) is 5.65 Å². The fraction of sp³-hybridized carbons (Fsp3) is 0.348. The highest BCUT2D eigenvalue weighted by Gasteiger charge is 2.45. The van der Waals surface area contributed by atoms with Gasteiger partial charge in [-0.1, -0.05) is 6.07 Å². The molecule has 3 aromatic heterocycles. The molecule has 2 aliphatic carbocycles. The molecule has 3 aliphatic rings.